The Kier molecular flexibility index (Phi) is 1.33. The van der Waals surface area contributed by atoms with Crippen LogP contribution in [0.1, 0.15) is 5.56 Å². The second-order valence-corrected chi connectivity index (χ2v) is 2.37. The van der Waals surface area contributed by atoms with Gasteiger partial charge in [-0.1, -0.05) is 5.10 Å². The molecule has 0 saturated carbocycles. The summed E-state index contributed by atoms with van der Waals surface area (Å²) in [6.07, 6.45) is 1.68. The molecule has 0 amide bonds. The number of nitrogen functional groups attached to an aromatic ring is 1. The Morgan fingerprint density at radius 1 is 1.50 bits per heavy atom. The first-order chi connectivity index (χ1) is 5.77. The lowest BCUT2D eigenvalue weighted by Gasteiger charge is -1.88. The zero-order valence-electron chi connectivity index (χ0n) is 6.40. The van der Waals surface area contributed by atoms with E-state index in [0.717, 1.165) is 5.56 Å². The van der Waals surface area contributed by atoms with E-state index < -0.39 is 0 Å². The summed E-state index contributed by atoms with van der Waals surface area (Å²) in [6, 6.07) is 0.0546. The fourth-order valence-electron chi connectivity index (χ4n) is 0.898. The Labute approximate surface area is 67.8 Å². The third kappa shape index (κ3) is 0.931. The largest absolute Gasteiger partial charge is 0.402 e. The predicted molar refractivity (Wildman–Crippen MR) is 41.0 cm³/mol. The number of H-pyrrole nitrogens is 1. The van der Waals surface area contributed by atoms with Crippen molar-refractivity contribution in [3.63, 3.8) is 0 Å². The van der Waals surface area contributed by atoms with Crippen molar-refractivity contribution in [2.24, 2.45) is 0 Å². The van der Waals surface area contributed by atoms with Gasteiger partial charge >= 0.3 is 6.01 Å². The van der Waals surface area contributed by atoms with E-state index in [-0.39, 0.29) is 6.01 Å². The first-order valence-corrected chi connectivity index (χ1v) is 3.36. The molecule has 12 heavy (non-hydrogen) atoms. The third-order valence-electron chi connectivity index (χ3n) is 1.48. The average molecular weight is 165 g/mol. The number of nitrogens with zero attached hydrogens (tertiary/aromatic N) is 3. The first-order valence-electron chi connectivity index (χ1n) is 3.36. The number of hydrogen-bond donors (Lipinski definition) is 2. The van der Waals surface area contributed by atoms with Crippen LogP contribution in [0.25, 0.3) is 11.6 Å². The van der Waals surface area contributed by atoms with Crippen molar-refractivity contribution in [2.45, 2.75) is 6.92 Å². The highest BCUT2D eigenvalue weighted by Gasteiger charge is 2.10. The molecule has 0 aromatic carbocycles. The monoisotopic (exact) mass is 165 g/mol. The number of aromatic amines is 1. The Morgan fingerprint density at radius 2 is 2.33 bits per heavy atom. The van der Waals surface area contributed by atoms with Crippen LogP contribution in [-0.2, 0) is 0 Å². The smallest absolute Gasteiger partial charge is 0.313 e. The number of hydrogen-bond acceptors (Lipinski definition) is 5. The van der Waals surface area contributed by atoms with Crippen LogP contribution >= 0.6 is 0 Å². The molecular weight excluding hydrogens is 158 g/mol. The Hall–Kier alpha value is -1.85. The van der Waals surface area contributed by atoms with Crippen LogP contribution in [0.5, 0.6) is 0 Å². The molecule has 2 aromatic heterocycles. The lowest BCUT2D eigenvalue weighted by molar-refractivity contribution is 0.587. The maximum atomic E-state index is 5.26. The van der Waals surface area contributed by atoms with Gasteiger partial charge in [-0.05, 0) is 12.5 Å². The van der Waals surface area contributed by atoms with Crippen LogP contribution in [0.4, 0.5) is 6.01 Å². The van der Waals surface area contributed by atoms with E-state index in [1.54, 1.807) is 6.20 Å². The van der Waals surface area contributed by atoms with Gasteiger partial charge in [0.2, 0.25) is 0 Å². The molecule has 0 bridgehead atoms. The van der Waals surface area contributed by atoms with Crippen LogP contribution in [-0.4, -0.2) is 20.4 Å². The molecule has 62 valence electrons. The van der Waals surface area contributed by atoms with E-state index in [2.05, 4.69) is 20.4 Å². The minimum absolute atomic E-state index is 0.0546. The highest BCUT2D eigenvalue weighted by Crippen LogP contribution is 2.18. The summed E-state index contributed by atoms with van der Waals surface area (Å²) in [6.45, 7) is 1.89. The van der Waals surface area contributed by atoms with Gasteiger partial charge in [-0.2, -0.15) is 5.10 Å². The molecule has 0 saturated heterocycles. The van der Waals surface area contributed by atoms with Gasteiger partial charge in [-0.25, -0.2) is 0 Å². The first kappa shape index (κ1) is 6.84. The number of nitrogens with two attached hydrogens (primary N) is 1. The van der Waals surface area contributed by atoms with Gasteiger partial charge in [0.1, 0.15) is 5.69 Å². The van der Waals surface area contributed by atoms with Crippen LogP contribution in [0.15, 0.2) is 10.6 Å². The van der Waals surface area contributed by atoms with Crippen molar-refractivity contribution in [3.05, 3.63) is 11.8 Å². The van der Waals surface area contributed by atoms with Crippen molar-refractivity contribution in [1.29, 1.82) is 0 Å². The van der Waals surface area contributed by atoms with E-state index in [4.69, 9.17) is 10.2 Å². The van der Waals surface area contributed by atoms with E-state index in [9.17, 15) is 0 Å². The van der Waals surface area contributed by atoms with Gasteiger partial charge in [0.05, 0.1) is 6.20 Å². The number of aromatic nitrogens is 4. The lowest BCUT2D eigenvalue weighted by Crippen LogP contribution is -1.81. The maximum absolute atomic E-state index is 5.26. The molecule has 0 unspecified atom stereocenters. The van der Waals surface area contributed by atoms with Gasteiger partial charge < -0.3 is 10.2 Å². The third-order valence-corrected chi connectivity index (χ3v) is 1.48. The SMILES string of the molecule is Cc1cn[nH]c1-c1nnc(N)o1. The van der Waals surface area contributed by atoms with Crippen molar-refractivity contribution >= 4 is 6.01 Å². The minimum Gasteiger partial charge on any atom is -0.402 e. The average Bonchev–Trinajstić information content (AvgIpc) is 2.58. The van der Waals surface area contributed by atoms with Gasteiger partial charge in [-0.15, -0.1) is 5.10 Å². The van der Waals surface area contributed by atoms with Crippen molar-refractivity contribution in [2.75, 3.05) is 5.73 Å². The Morgan fingerprint density at radius 3 is 2.83 bits per heavy atom. The van der Waals surface area contributed by atoms with E-state index >= 15 is 0 Å². The Bertz CT molecular complexity index is 390. The zero-order chi connectivity index (χ0) is 8.55. The van der Waals surface area contributed by atoms with E-state index in [1.165, 1.54) is 0 Å². The standard InChI is InChI=1S/C6H7N5O/c1-3-2-8-9-4(3)5-10-11-6(7)12-5/h2H,1H3,(H2,7,11)(H,8,9). The second kappa shape index (κ2) is 2.33. The van der Waals surface area contributed by atoms with Crippen molar-refractivity contribution < 1.29 is 4.42 Å². The number of aryl methyl sites for hydroxylation is 1. The fraction of sp³-hybridized carbons (Fsp3) is 0.167. The van der Waals surface area contributed by atoms with Crippen molar-refractivity contribution in [3.8, 4) is 11.6 Å². The van der Waals surface area contributed by atoms with Crippen molar-refractivity contribution in [1.82, 2.24) is 20.4 Å². The second-order valence-electron chi connectivity index (χ2n) is 2.37. The molecule has 0 radical (unpaired) electrons. The summed E-state index contributed by atoms with van der Waals surface area (Å²) in [5.41, 5.74) is 6.91. The molecule has 0 spiro atoms. The van der Waals surface area contributed by atoms with Crippen LogP contribution in [0.3, 0.4) is 0 Å². The molecule has 0 atom stereocenters. The highest BCUT2D eigenvalue weighted by atomic mass is 16.4. The van der Waals surface area contributed by atoms with E-state index in [0.29, 0.717) is 11.6 Å². The lowest BCUT2D eigenvalue weighted by atomic mass is 10.3. The summed E-state index contributed by atoms with van der Waals surface area (Å²) < 4.78 is 4.99. The molecule has 0 aliphatic carbocycles. The Balaban J connectivity index is 2.50. The summed E-state index contributed by atoms with van der Waals surface area (Å²) >= 11 is 0. The quantitative estimate of drug-likeness (QED) is 0.635. The highest BCUT2D eigenvalue weighted by molar-refractivity contribution is 5.51. The maximum Gasteiger partial charge on any atom is 0.313 e. The van der Waals surface area contributed by atoms with Gasteiger partial charge in [0.15, 0.2) is 0 Å². The number of rotatable bonds is 1. The summed E-state index contributed by atoms with van der Waals surface area (Å²) in [4.78, 5) is 0. The minimum atomic E-state index is 0.0546. The molecule has 6 nitrogen and oxygen atoms in total. The summed E-state index contributed by atoms with van der Waals surface area (Å²) in [7, 11) is 0. The normalized spacial score (nSPS) is 10.4. The molecule has 0 fully saturated rings. The topological polar surface area (TPSA) is 93.6 Å². The molecule has 2 aromatic rings. The zero-order valence-corrected chi connectivity index (χ0v) is 6.40. The predicted octanol–water partition coefficient (Wildman–Crippen LogP) is 0.350. The summed E-state index contributed by atoms with van der Waals surface area (Å²) in [5.74, 6) is 0.363. The van der Waals surface area contributed by atoms with Gasteiger partial charge in [0, 0.05) is 0 Å². The molecule has 2 rings (SSSR count). The fourth-order valence-corrected chi connectivity index (χ4v) is 0.898. The molecule has 0 aliphatic heterocycles. The number of nitrogens with one attached hydrogen (secondary N) is 1. The van der Waals surface area contributed by atoms with Crippen LogP contribution in [0.2, 0.25) is 0 Å². The molecule has 0 aliphatic rings. The summed E-state index contributed by atoms with van der Waals surface area (Å²) in [5, 5.41) is 13.8. The van der Waals surface area contributed by atoms with E-state index in [1.807, 2.05) is 6.92 Å². The molecule has 2 heterocycles. The van der Waals surface area contributed by atoms with Crippen LogP contribution < -0.4 is 5.73 Å². The number of anilines is 1. The molecular formula is C6H7N5O. The molecule has 3 N–H and O–H groups in total. The van der Waals surface area contributed by atoms with Crippen LogP contribution in [0, 0.1) is 6.92 Å². The van der Waals surface area contributed by atoms with Gasteiger partial charge in [0.25, 0.3) is 5.89 Å². The van der Waals surface area contributed by atoms with Gasteiger partial charge in [-0.3, -0.25) is 5.10 Å². The molecule has 6 heteroatoms.